The normalized spacial score (nSPS) is 10.7. The molecule has 0 fully saturated rings. The van der Waals surface area contributed by atoms with Gasteiger partial charge in [-0.1, -0.05) is 24.6 Å². The van der Waals surface area contributed by atoms with Crippen molar-refractivity contribution in [1.82, 2.24) is 4.90 Å². The fraction of sp³-hybridized carbons (Fsp3) is 0.455. The van der Waals surface area contributed by atoms with Crippen molar-refractivity contribution in [1.29, 1.82) is 0 Å². The zero-order valence-corrected chi connectivity index (χ0v) is 10.0. The minimum atomic E-state index is 0.675. The van der Waals surface area contributed by atoms with Crippen LogP contribution in [0.5, 0.6) is 0 Å². The Labute approximate surface area is 96.2 Å². The van der Waals surface area contributed by atoms with E-state index < -0.39 is 0 Å². The molecule has 0 aromatic heterocycles. The van der Waals surface area contributed by atoms with E-state index in [4.69, 9.17) is 17.3 Å². The molecular formula is C11H18ClN3. The van der Waals surface area contributed by atoms with Gasteiger partial charge in [0.15, 0.2) is 0 Å². The van der Waals surface area contributed by atoms with E-state index in [0.717, 1.165) is 25.3 Å². The summed E-state index contributed by atoms with van der Waals surface area (Å²) in [7, 11) is 2.08. The first-order valence-electron chi connectivity index (χ1n) is 5.11. The third kappa shape index (κ3) is 3.61. The van der Waals surface area contributed by atoms with E-state index in [1.165, 1.54) is 0 Å². The molecule has 15 heavy (non-hydrogen) atoms. The molecule has 0 radical (unpaired) electrons. The van der Waals surface area contributed by atoms with Gasteiger partial charge in [-0.2, -0.15) is 0 Å². The first-order valence-corrected chi connectivity index (χ1v) is 5.49. The highest BCUT2D eigenvalue weighted by Gasteiger charge is 2.03. The molecule has 3 N–H and O–H groups in total. The van der Waals surface area contributed by atoms with Crippen LogP contribution in [0.1, 0.15) is 6.92 Å². The van der Waals surface area contributed by atoms with Gasteiger partial charge in [-0.25, -0.2) is 0 Å². The van der Waals surface area contributed by atoms with Crippen molar-refractivity contribution in [3.05, 3.63) is 23.2 Å². The first-order chi connectivity index (χ1) is 7.15. The summed E-state index contributed by atoms with van der Waals surface area (Å²) in [4.78, 5) is 2.22. The van der Waals surface area contributed by atoms with Gasteiger partial charge in [-0.3, -0.25) is 0 Å². The van der Waals surface area contributed by atoms with Crippen molar-refractivity contribution in [2.24, 2.45) is 0 Å². The van der Waals surface area contributed by atoms with E-state index in [1.54, 1.807) is 0 Å². The van der Waals surface area contributed by atoms with Crippen LogP contribution in [0.15, 0.2) is 18.2 Å². The number of rotatable bonds is 5. The predicted octanol–water partition coefficient (Wildman–Crippen LogP) is 2.29. The molecule has 0 aliphatic carbocycles. The van der Waals surface area contributed by atoms with Gasteiger partial charge in [-0.15, -0.1) is 0 Å². The molecule has 1 rings (SSSR count). The summed E-state index contributed by atoms with van der Waals surface area (Å²) < 4.78 is 0. The maximum atomic E-state index is 6.02. The van der Waals surface area contributed by atoms with Crippen LogP contribution in [-0.2, 0) is 0 Å². The van der Waals surface area contributed by atoms with Crippen LogP contribution in [0, 0.1) is 0 Å². The summed E-state index contributed by atoms with van der Waals surface area (Å²) in [5.74, 6) is 0. The van der Waals surface area contributed by atoms with Crippen molar-refractivity contribution in [3.63, 3.8) is 0 Å². The zero-order valence-electron chi connectivity index (χ0n) is 9.26. The van der Waals surface area contributed by atoms with Crippen molar-refractivity contribution < 1.29 is 0 Å². The van der Waals surface area contributed by atoms with Crippen LogP contribution in [0.2, 0.25) is 5.02 Å². The van der Waals surface area contributed by atoms with Crippen molar-refractivity contribution in [3.8, 4) is 0 Å². The van der Waals surface area contributed by atoms with E-state index in [9.17, 15) is 0 Å². The van der Waals surface area contributed by atoms with E-state index in [-0.39, 0.29) is 0 Å². The van der Waals surface area contributed by atoms with Gasteiger partial charge in [0.25, 0.3) is 0 Å². The third-order valence-corrected chi connectivity index (χ3v) is 2.70. The molecule has 0 aliphatic heterocycles. The highest BCUT2D eigenvalue weighted by atomic mass is 35.5. The summed E-state index contributed by atoms with van der Waals surface area (Å²) in [6.07, 6.45) is 0. The summed E-state index contributed by atoms with van der Waals surface area (Å²) in [6.45, 7) is 4.99. The van der Waals surface area contributed by atoms with Crippen molar-refractivity contribution in [2.45, 2.75) is 6.92 Å². The summed E-state index contributed by atoms with van der Waals surface area (Å²) in [5, 5.41) is 3.92. The zero-order chi connectivity index (χ0) is 11.3. The van der Waals surface area contributed by atoms with Crippen LogP contribution in [0.3, 0.4) is 0 Å². The van der Waals surface area contributed by atoms with E-state index >= 15 is 0 Å². The number of benzene rings is 1. The summed E-state index contributed by atoms with van der Waals surface area (Å²) in [5.41, 5.74) is 7.34. The van der Waals surface area contributed by atoms with Gasteiger partial charge < -0.3 is 16.0 Å². The summed E-state index contributed by atoms with van der Waals surface area (Å²) >= 11 is 6.02. The lowest BCUT2D eigenvalue weighted by Gasteiger charge is -2.16. The lowest BCUT2D eigenvalue weighted by molar-refractivity contribution is 0.367. The summed E-state index contributed by atoms with van der Waals surface area (Å²) in [6, 6.07) is 5.53. The van der Waals surface area contributed by atoms with Crippen molar-refractivity contribution in [2.75, 3.05) is 37.7 Å². The number of halogens is 1. The molecule has 0 aliphatic rings. The van der Waals surface area contributed by atoms with Gasteiger partial charge in [0.1, 0.15) is 0 Å². The molecule has 0 saturated carbocycles. The molecule has 0 amide bonds. The van der Waals surface area contributed by atoms with Crippen LogP contribution < -0.4 is 11.1 Å². The van der Waals surface area contributed by atoms with E-state index in [2.05, 4.69) is 24.2 Å². The standard InChI is InChI=1S/C11H18ClN3/c1-3-15(2)8-7-14-11-9(12)5-4-6-10(11)13/h4-6,14H,3,7-8,13H2,1-2H3. The van der Waals surface area contributed by atoms with Crippen molar-refractivity contribution >= 4 is 23.0 Å². The number of nitrogens with one attached hydrogen (secondary N) is 1. The first kappa shape index (κ1) is 12.1. The van der Waals surface area contributed by atoms with Gasteiger partial charge >= 0.3 is 0 Å². The molecule has 84 valence electrons. The smallest absolute Gasteiger partial charge is 0.0763 e. The Morgan fingerprint density at radius 1 is 1.47 bits per heavy atom. The maximum absolute atomic E-state index is 6.02. The van der Waals surface area contributed by atoms with Gasteiger partial charge in [0, 0.05) is 13.1 Å². The maximum Gasteiger partial charge on any atom is 0.0763 e. The molecule has 0 bridgehead atoms. The predicted molar refractivity (Wildman–Crippen MR) is 67.5 cm³/mol. The number of nitrogens with two attached hydrogens (primary N) is 1. The topological polar surface area (TPSA) is 41.3 Å². The second-order valence-electron chi connectivity index (χ2n) is 3.53. The van der Waals surface area contributed by atoms with Crippen LogP contribution in [0.4, 0.5) is 11.4 Å². The fourth-order valence-electron chi connectivity index (χ4n) is 1.26. The highest BCUT2D eigenvalue weighted by molar-refractivity contribution is 6.33. The highest BCUT2D eigenvalue weighted by Crippen LogP contribution is 2.27. The molecule has 0 heterocycles. The van der Waals surface area contributed by atoms with Crippen LogP contribution >= 0.6 is 11.6 Å². The molecule has 0 unspecified atom stereocenters. The van der Waals surface area contributed by atoms with E-state index in [0.29, 0.717) is 10.7 Å². The Kier molecular flexibility index (Phi) is 4.72. The SMILES string of the molecule is CCN(C)CCNc1c(N)cccc1Cl. The quantitative estimate of drug-likeness (QED) is 0.759. The third-order valence-electron chi connectivity index (χ3n) is 2.38. The average Bonchev–Trinajstić information content (AvgIpc) is 2.22. The number of hydrogen-bond donors (Lipinski definition) is 2. The molecule has 0 saturated heterocycles. The largest absolute Gasteiger partial charge is 0.397 e. The number of hydrogen-bond acceptors (Lipinski definition) is 3. The molecule has 4 heteroatoms. The minimum Gasteiger partial charge on any atom is -0.397 e. The Hall–Kier alpha value is -0.930. The van der Waals surface area contributed by atoms with Gasteiger partial charge in [-0.05, 0) is 25.7 Å². The molecule has 0 spiro atoms. The molecule has 3 nitrogen and oxygen atoms in total. The Balaban J connectivity index is 2.50. The Morgan fingerprint density at radius 3 is 2.80 bits per heavy atom. The van der Waals surface area contributed by atoms with Gasteiger partial charge in [0.2, 0.25) is 0 Å². The lowest BCUT2D eigenvalue weighted by Crippen LogP contribution is -2.25. The number of para-hydroxylation sites is 1. The molecule has 1 aromatic rings. The number of nitrogens with zero attached hydrogens (tertiary/aromatic N) is 1. The second-order valence-corrected chi connectivity index (χ2v) is 3.93. The average molecular weight is 228 g/mol. The van der Waals surface area contributed by atoms with Crippen LogP contribution in [-0.4, -0.2) is 31.6 Å². The van der Waals surface area contributed by atoms with Crippen LogP contribution in [0.25, 0.3) is 0 Å². The molecule has 0 atom stereocenters. The number of nitrogen functional groups attached to an aromatic ring is 1. The number of anilines is 2. The van der Waals surface area contributed by atoms with Gasteiger partial charge in [0.05, 0.1) is 16.4 Å². The Morgan fingerprint density at radius 2 is 2.20 bits per heavy atom. The monoisotopic (exact) mass is 227 g/mol. The minimum absolute atomic E-state index is 0.675. The number of likely N-dealkylation sites (N-methyl/N-ethyl adjacent to an activating group) is 1. The second kappa shape index (κ2) is 5.83. The fourth-order valence-corrected chi connectivity index (χ4v) is 1.51. The lowest BCUT2D eigenvalue weighted by atomic mass is 10.2. The Bertz CT molecular complexity index is 294. The molecular weight excluding hydrogens is 210 g/mol. The molecule has 1 aromatic carbocycles. The van der Waals surface area contributed by atoms with E-state index in [1.807, 2.05) is 18.2 Å².